The van der Waals surface area contributed by atoms with E-state index in [1.54, 1.807) is 7.11 Å². The lowest BCUT2D eigenvalue weighted by molar-refractivity contribution is -0.132. The Morgan fingerprint density at radius 3 is 2.54 bits per heavy atom. The van der Waals surface area contributed by atoms with Crippen LogP contribution in [0.25, 0.3) is 0 Å². The third-order valence-electron chi connectivity index (χ3n) is 4.98. The number of urea groups is 1. The van der Waals surface area contributed by atoms with Crippen LogP contribution in [0.2, 0.25) is 0 Å². The van der Waals surface area contributed by atoms with Gasteiger partial charge in [-0.1, -0.05) is 30.3 Å². The van der Waals surface area contributed by atoms with E-state index in [4.69, 9.17) is 4.74 Å². The lowest BCUT2D eigenvalue weighted by Gasteiger charge is -2.32. The predicted molar refractivity (Wildman–Crippen MR) is 110 cm³/mol. The molecule has 0 saturated carbocycles. The maximum atomic E-state index is 12.5. The van der Waals surface area contributed by atoms with Gasteiger partial charge in [0.1, 0.15) is 5.75 Å². The SMILES string of the molecule is COc1cccc(CCC(=O)N2CCC(NC(=O)Nc3ccccc3)CC2)c1. The molecule has 1 aliphatic heterocycles. The molecule has 1 heterocycles. The van der Waals surface area contributed by atoms with Gasteiger partial charge < -0.3 is 20.3 Å². The Balaban J connectivity index is 1.39. The van der Waals surface area contributed by atoms with Gasteiger partial charge in [-0.15, -0.1) is 0 Å². The molecule has 1 fully saturated rings. The number of aryl methyl sites for hydroxylation is 1. The third-order valence-corrected chi connectivity index (χ3v) is 4.98. The number of ether oxygens (including phenoxy) is 1. The topological polar surface area (TPSA) is 70.7 Å². The molecule has 0 aromatic heterocycles. The Bertz CT molecular complexity index is 787. The number of carbonyl (C=O) groups excluding carboxylic acids is 2. The minimum atomic E-state index is -0.200. The van der Waals surface area contributed by atoms with E-state index in [9.17, 15) is 9.59 Å². The zero-order chi connectivity index (χ0) is 19.8. The number of anilines is 1. The average molecular weight is 381 g/mol. The normalized spacial score (nSPS) is 14.4. The largest absolute Gasteiger partial charge is 0.497 e. The Hall–Kier alpha value is -3.02. The summed E-state index contributed by atoms with van der Waals surface area (Å²) in [5.41, 5.74) is 1.87. The lowest BCUT2D eigenvalue weighted by Crippen LogP contribution is -2.47. The van der Waals surface area contributed by atoms with Crippen molar-refractivity contribution in [1.82, 2.24) is 10.2 Å². The van der Waals surface area contributed by atoms with Crippen molar-refractivity contribution < 1.29 is 14.3 Å². The van der Waals surface area contributed by atoms with Crippen molar-refractivity contribution in [2.75, 3.05) is 25.5 Å². The summed E-state index contributed by atoms with van der Waals surface area (Å²) in [7, 11) is 1.64. The molecule has 0 unspecified atom stereocenters. The van der Waals surface area contributed by atoms with Crippen LogP contribution in [0, 0.1) is 0 Å². The van der Waals surface area contributed by atoms with Gasteiger partial charge in [0.2, 0.25) is 5.91 Å². The van der Waals surface area contributed by atoms with Crippen LogP contribution in [0.1, 0.15) is 24.8 Å². The van der Waals surface area contributed by atoms with Crippen molar-refractivity contribution in [2.24, 2.45) is 0 Å². The molecule has 6 nitrogen and oxygen atoms in total. The Morgan fingerprint density at radius 1 is 1.07 bits per heavy atom. The number of hydrogen-bond acceptors (Lipinski definition) is 3. The highest BCUT2D eigenvalue weighted by Crippen LogP contribution is 2.16. The summed E-state index contributed by atoms with van der Waals surface area (Å²) in [6.45, 7) is 1.35. The highest BCUT2D eigenvalue weighted by molar-refractivity contribution is 5.89. The number of carbonyl (C=O) groups is 2. The van der Waals surface area contributed by atoms with E-state index >= 15 is 0 Å². The number of rotatable bonds is 6. The first-order chi connectivity index (χ1) is 13.6. The number of nitrogens with zero attached hydrogens (tertiary/aromatic N) is 1. The zero-order valence-corrected chi connectivity index (χ0v) is 16.2. The van der Waals surface area contributed by atoms with Crippen LogP contribution in [0.15, 0.2) is 54.6 Å². The number of methoxy groups -OCH3 is 1. The van der Waals surface area contributed by atoms with Gasteiger partial charge >= 0.3 is 6.03 Å². The summed E-state index contributed by atoms with van der Waals surface area (Å²) in [6.07, 6.45) is 2.73. The second-order valence-electron chi connectivity index (χ2n) is 6.97. The number of nitrogens with one attached hydrogen (secondary N) is 2. The maximum Gasteiger partial charge on any atom is 0.319 e. The smallest absolute Gasteiger partial charge is 0.319 e. The molecule has 6 heteroatoms. The second kappa shape index (κ2) is 9.78. The number of hydrogen-bond donors (Lipinski definition) is 2. The van der Waals surface area contributed by atoms with Gasteiger partial charge in [0.05, 0.1) is 7.11 Å². The van der Waals surface area contributed by atoms with Crippen LogP contribution < -0.4 is 15.4 Å². The van der Waals surface area contributed by atoms with Gasteiger partial charge in [-0.05, 0) is 49.1 Å². The number of piperidine rings is 1. The average Bonchev–Trinajstić information content (AvgIpc) is 2.73. The van der Waals surface area contributed by atoms with Gasteiger partial charge in [0.25, 0.3) is 0 Å². The monoisotopic (exact) mass is 381 g/mol. The first kappa shape index (κ1) is 19.7. The van der Waals surface area contributed by atoms with Crippen molar-refractivity contribution in [3.8, 4) is 5.75 Å². The molecule has 0 bridgehead atoms. The Labute approximate surface area is 165 Å². The van der Waals surface area contributed by atoms with E-state index in [1.165, 1.54) is 0 Å². The summed E-state index contributed by atoms with van der Waals surface area (Å²) in [4.78, 5) is 26.5. The van der Waals surface area contributed by atoms with E-state index in [-0.39, 0.29) is 18.0 Å². The van der Waals surface area contributed by atoms with E-state index in [2.05, 4.69) is 10.6 Å². The van der Waals surface area contributed by atoms with E-state index in [1.807, 2.05) is 59.5 Å². The predicted octanol–water partition coefficient (Wildman–Crippen LogP) is 3.44. The van der Waals surface area contributed by atoms with E-state index in [0.717, 1.165) is 29.8 Å². The van der Waals surface area contributed by atoms with Gasteiger partial charge in [0.15, 0.2) is 0 Å². The number of benzene rings is 2. The van der Waals surface area contributed by atoms with Crippen molar-refractivity contribution in [3.05, 3.63) is 60.2 Å². The summed E-state index contributed by atoms with van der Waals surface area (Å²) in [5.74, 6) is 0.973. The van der Waals surface area contributed by atoms with Crippen LogP contribution >= 0.6 is 0 Å². The quantitative estimate of drug-likeness (QED) is 0.805. The highest BCUT2D eigenvalue weighted by Gasteiger charge is 2.23. The maximum absolute atomic E-state index is 12.5. The summed E-state index contributed by atoms with van der Waals surface area (Å²) >= 11 is 0. The molecular formula is C22H27N3O3. The first-order valence-electron chi connectivity index (χ1n) is 9.67. The molecule has 0 aliphatic carbocycles. The fourth-order valence-corrected chi connectivity index (χ4v) is 3.38. The van der Waals surface area contributed by atoms with E-state index in [0.29, 0.717) is 25.9 Å². The van der Waals surface area contributed by atoms with Gasteiger partial charge in [-0.3, -0.25) is 4.79 Å². The second-order valence-corrected chi connectivity index (χ2v) is 6.97. The molecule has 2 aromatic carbocycles. The van der Waals surface area contributed by atoms with Gasteiger partial charge in [-0.2, -0.15) is 0 Å². The van der Waals surface area contributed by atoms with Crippen LogP contribution in [0.3, 0.4) is 0 Å². The van der Waals surface area contributed by atoms with Crippen LogP contribution in [-0.2, 0) is 11.2 Å². The molecule has 1 saturated heterocycles. The third kappa shape index (κ3) is 5.74. The van der Waals surface area contributed by atoms with Crippen LogP contribution in [-0.4, -0.2) is 43.1 Å². The standard InChI is InChI=1S/C22H27N3O3/c1-28-20-9-5-6-17(16-20)10-11-21(26)25-14-12-19(13-15-25)24-22(27)23-18-7-3-2-4-8-18/h2-9,16,19H,10-15H2,1H3,(H2,23,24,27). The Morgan fingerprint density at radius 2 is 1.82 bits per heavy atom. The summed E-state index contributed by atoms with van der Waals surface area (Å²) < 4.78 is 5.22. The molecular weight excluding hydrogens is 354 g/mol. The minimum absolute atomic E-state index is 0.0890. The van der Waals surface area contributed by atoms with Gasteiger partial charge in [-0.25, -0.2) is 4.79 Å². The van der Waals surface area contributed by atoms with E-state index < -0.39 is 0 Å². The molecule has 2 aromatic rings. The van der Waals surface area contributed by atoms with Crippen LogP contribution in [0.4, 0.5) is 10.5 Å². The molecule has 0 radical (unpaired) electrons. The molecule has 3 amide bonds. The van der Waals surface area contributed by atoms with Gasteiger partial charge in [0, 0.05) is 31.2 Å². The lowest BCUT2D eigenvalue weighted by atomic mass is 10.0. The van der Waals surface area contributed by atoms with Crippen molar-refractivity contribution in [3.63, 3.8) is 0 Å². The van der Waals surface area contributed by atoms with Crippen molar-refractivity contribution >= 4 is 17.6 Å². The van der Waals surface area contributed by atoms with Crippen molar-refractivity contribution in [1.29, 1.82) is 0 Å². The molecule has 0 spiro atoms. The number of para-hydroxylation sites is 1. The first-order valence-corrected chi connectivity index (χ1v) is 9.67. The van der Waals surface area contributed by atoms with Crippen LogP contribution in [0.5, 0.6) is 5.75 Å². The molecule has 28 heavy (non-hydrogen) atoms. The summed E-state index contributed by atoms with van der Waals surface area (Å²) in [6, 6.07) is 17.1. The summed E-state index contributed by atoms with van der Waals surface area (Å²) in [5, 5.41) is 5.83. The molecule has 0 atom stereocenters. The fraction of sp³-hybridized carbons (Fsp3) is 0.364. The molecule has 148 valence electrons. The number of amides is 3. The Kier molecular flexibility index (Phi) is 6.89. The highest BCUT2D eigenvalue weighted by atomic mass is 16.5. The zero-order valence-electron chi connectivity index (χ0n) is 16.2. The fourth-order valence-electron chi connectivity index (χ4n) is 3.38. The minimum Gasteiger partial charge on any atom is -0.497 e. The molecule has 3 rings (SSSR count). The molecule has 1 aliphatic rings. The molecule has 2 N–H and O–H groups in total. The van der Waals surface area contributed by atoms with Crippen molar-refractivity contribution in [2.45, 2.75) is 31.7 Å². The number of likely N-dealkylation sites (tertiary alicyclic amines) is 1.